The Kier molecular flexibility index (Phi) is 5.31. The molecule has 1 N–H and O–H groups in total. The smallest absolute Gasteiger partial charge is 0.231 e. The molecule has 0 atom stereocenters. The number of allylic oxidation sites excluding steroid dienone is 1. The second kappa shape index (κ2) is 8.40. The van der Waals surface area contributed by atoms with Crippen LogP contribution < -0.4 is 4.74 Å². The molecule has 0 saturated carbocycles. The predicted octanol–water partition coefficient (Wildman–Crippen LogP) is 5.66. The van der Waals surface area contributed by atoms with Crippen LogP contribution in [0.2, 0.25) is 0 Å². The van der Waals surface area contributed by atoms with Gasteiger partial charge in [0.25, 0.3) is 0 Å². The lowest BCUT2D eigenvalue weighted by Gasteiger charge is -2.27. The minimum atomic E-state index is -0.137. The normalized spacial score (nSPS) is 17.5. The number of nitrogens with zero attached hydrogens (tertiary/aromatic N) is 1. The Morgan fingerprint density at radius 1 is 0.871 bits per heavy atom. The maximum absolute atomic E-state index is 13.0. The van der Waals surface area contributed by atoms with Gasteiger partial charge in [0.15, 0.2) is 5.76 Å². The number of likely N-dealkylation sites (tertiary alicyclic amines) is 1. The summed E-state index contributed by atoms with van der Waals surface area (Å²) in [6, 6.07) is 21.5. The lowest BCUT2D eigenvalue weighted by Crippen LogP contribution is -2.29. The van der Waals surface area contributed by atoms with Crippen LogP contribution >= 0.6 is 0 Å². The number of carbonyl (C=O) groups is 1. The highest BCUT2D eigenvalue weighted by Crippen LogP contribution is 2.40. The topological polar surface area (TPSA) is 49.8 Å². The highest BCUT2D eigenvalue weighted by atomic mass is 16.5. The molecule has 0 unspecified atom stereocenters. The van der Waals surface area contributed by atoms with Crippen molar-refractivity contribution < 1.29 is 14.6 Å². The Hall–Kier alpha value is -3.37. The standard InChI is InChI=1S/C27H25NO3/c29-24-14-13-22-26(30)25(31-27(22)23(24)18-28-15-5-2-6-16-28)17-19-9-11-21(12-10-19)20-7-3-1-4-8-20/h1,3-4,7-14,17,29H,2,5-6,15-16,18H2/b25-17-. The van der Waals surface area contributed by atoms with Crippen LogP contribution in [0, 0.1) is 0 Å². The highest BCUT2D eigenvalue weighted by molar-refractivity contribution is 6.15. The van der Waals surface area contributed by atoms with Gasteiger partial charge in [-0.25, -0.2) is 0 Å². The number of hydrogen-bond acceptors (Lipinski definition) is 4. The molecule has 2 aliphatic heterocycles. The van der Waals surface area contributed by atoms with Crippen molar-refractivity contribution in [3.8, 4) is 22.6 Å². The third kappa shape index (κ3) is 3.99. The fourth-order valence-corrected chi connectivity index (χ4v) is 4.34. The zero-order chi connectivity index (χ0) is 21.2. The first kappa shape index (κ1) is 19.6. The van der Waals surface area contributed by atoms with Crippen LogP contribution in [0.3, 0.4) is 0 Å². The molecule has 0 bridgehead atoms. The van der Waals surface area contributed by atoms with Crippen LogP contribution in [0.5, 0.6) is 11.5 Å². The molecule has 156 valence electrons. The average molecular weight is 412 g/mol. The van der Waals surface area contributed by atoms with E-state index in [-0.39, 0.29) is 11.5 Å². The van der Waals surface area contributed by atoms with Gasteiger partial charge in [-0.05, 0) is 60.8 Å². The van der Waals surface area contributed by atoms with Crippen molar-refractivity contribution in [2.75, 3.05) is 13.1 Å². The monoisotopic (exact) mass is 411 g/mol. The molecular formula is C27H25NO3. The van der Waals surface area contributed by atoms with E-state index in [1.54, 1.807) is 18.2 Å². The molecule has 31 heavy (non-hydrogen) atoms. The van der Waals surface area contributed by atoms with Gasteiger partial charge in [-0.2, -0.15) is 0 Å². The third-order valence-corrected chi connectivity index (χ3v) is 6.06. The molecule has 3 aromatic rings. The Bertz CT molecular complexity index is 1130. The predicted molar refractivity (Wildman–Crippen MR) is 122 cm³/mol. The van der Waals surface area contributed by atoms with E-state index in [1.165, 1.54) is 19.3 Å². The van der Waals surface area contributed by atoms with Crippen molar-refractivity contribution in [2.45, 2.75) is 25.8 Å². The number of rotatable bonds is 4. The van der Waals surface area contributed by atoms with Gasteiger partial charge < -0.3 is 9.84 Å². The maximum atomic E-state index is 13.0. The summed E-state index contributed by atoms with van der Waals surface area (Å²) in [6.45, 7) is 2.61. The number of fused-ring (bicyclic) bond motifs is 1. The molecule has 0 aromatic heterocycles. The fraction of sp³-hybridized carbons (Fsp3) is 0.222. The molecule has 4 heteroatoms. The molecule has 2 aliphatic rings. The van der Waals surface area contributed by atoms with Crippen LogP contribution in [-0.4, -0.2) is 28.9 Å². The van der Waals surface area contributed by atoms with Gasteiger partial charge in [-0.3, -0.25) is 9.69 Å². The highest BCUT2D eigenvalue weighted by Gasteiger charge is 2.31. The average Bonchev–Trinajstić information content (AvgIpc) is 3.13. The number of Topliss-reactive ketones (excluding diaryl/α,β-unsaturated/α-hetero) is 1. The van der Waals surface area contributed by atoms with Crippen molar-refractivity contribution >= 4 is 11.9 Å². The van der Waals surface area contributed by atoms with E-state index in [0.29, 0.717) is 29.2 Å². The third-order valence-electron chi connectivity index (χ3n) is 6.06. The lowest BCUT2D eigenvalue weighted by atomic mass is 10.0. The number of ketones is 1. The summed E-state index contributed by atoms with van der Waals surface area (Å²) in [6.07, 6.45) is 5.36. The molecule has 5 rings (SSSR count). The van der Waals surface area contributed by atoms with E-state index in [2.05, 4.69) is 17.0 Å². The van der Waals surface area contributed by atoms with Gasteiger partial charge in [0.2, 0.25) is 5.78 Å². The SMILES string of the molecule is O=C1/C(=C/c2ccc(-c3ccccc3)cc2)Oc2c1ccc(O)c2CN1CCCCC1. The van der Waals surface area contributed by atoms with Crippen LogP contribution in [-0.2, 0) is 6.54 Å². The Labute approximate surface area is 182 Å². The van der Waals surface area contributed by atoms with Crippen LogP contribution in [0.4, 0.5) is 0 Å². The van der Waals surface area contributed by atoms with Gasteiger partial charge in [0.1, 0.15) is 11.5 Å². The molecule has 3 aromatic carbocycles. The Morgan fingerprint density at radius 2 is 1.58 bits per heavy atom. The van der Waals surface area contributed by atoms with E-state index in [4.69, 9.17) is 4.74 Å². The molecule has 0 radical (unpaired) electrons. The number of phenolic OH excluding ortho intramolecular Hbond substituents is 1. The summed E-state index contributed by atoms with van der Waals surface area (Å²) in [5, 5.41) is 10.5. The first-order valence-corrected chi connectivity index (χ1v) is 10.9. The summed E-state index contributed by atoms with van der Waals surface area (Å²) in [5.74, 6) is 0.850. The van der Waals surface area contributed by atoms with Crippen molar-refractivity contribution in [1.29, 1.82) is 0 Å². The van der Waals surface area contributed by atoms with E-state index < -0.39 is 0 Å². The minimum Gasteiger partial charge on any atom is -0.507 e. The Balaban J connectivity index is 1.40. The van der Waals surface area contributed by atoms with Gasteiger partial charge in [-0.1, -0.05) is 61.0 Å². The molecule has 4 nitrogen and oxygen atoms in total. The zero-order valence-electron chi connectivity index (χ0n) is 17.4. The zero-order valence-corrected chi connectivity index (χ0v) is 17.4. The second-order valence-electron chi connectivity index (χ2n) is 8.20. The first-order valence-electron chi connectivity index (χ1n) is 10.9. The van der Waals surface area contributed by atoms with Gasteiger partial charge in [0, 0.05) is 6.54 Å². The van der Waals surface area contributed by atoms with Crippen molar-refractivity contribution in [3.63, 3.8) is 0 Å². The second-order valence-corrected chi connectivity index (χ2v) is 8.20. The summed E-state index contributed by atoms with van der Waals surface area (Å²) >= 11 is 0. The number of benzene rings is 3. The number of hydrogen-bond donors (Lipinski definition) is 1. The fourth-order valence-electron chi connectivity index (χ4n) is 4.34. The van der Waals surface area contributed by atoms with E-state index in [0.717, 1.165) is 29.8 Å². The van der Waals surface area contributed by atoms with Gasteiger partial charge in [-0.15, -0.1) is 0 Å². The Morgan fingerprint density at radius 3 is 2.32 bits per heavy atom. The quantitative estimate of drug-likeness (QED) is 0.563. The lowest BCUT2D eigenvalue weighted by molar-refractivity contribution is 0.101. The molecule has 2 heterocycles. The number of phenols is 1. The van der Waals surface area contributed by atoms with Gasteiger partial charge in [0.05, 0.1) is 11.1 Å². The number of carbonyl (C=O) groups excluding carboxylic acids is 1. The molecule has 0 amide bonds. The largest absolute Gasteiger partial charge is 0.507 e. The summed E-state index contributed by atoms with van der Waals surface area (Å²) in [4.78, 5) is 15.3. The van der Waals surface area contributed by atoms with Crippen LogP contribution in [0.1, 0.15) is 40.7 Å². The number of piperidine rings is 1. The number of aromatic hydroxyl groups is 1. The van der Waals surface area contributed by atoms with E-state index >= 15 is 0 Å². The summed E-state index contributed by atoms with van der Waals surface area (Å²) in [7, 11) is 0. The van der Waals surface area contributed by atoms with Crippen LogP contribution in [0.15, 0.2) is 72.5 Å². The van der Waals surface area contributed by atoms with E-state index in [1.807, 2.05) is 42.5 Å². The summed E-state index contributed by atoms with van der Waals surface area (Å²) < 4.78 is 6.02. The minimum absolute atomic E-state index is 0.137. The van der Waals surface area contributed by atoms with Gasteiger partial charge >= 0.3 is 0 Å². The van der Waals surface area contributed by atoms with Crippen molar-refractivity contribution in [3.05, 3.63) is 89.2 Å². The van der Waals surface area contributed by atoms with Crippen molar-refractivity contribution in [1.82, 2.24) is 4.90 Å². The molecule has 0 aliphatic carbocycles. The molecule has 1 fully saturated rings. The number of ether oxygens (including phenoxy) is 1. The summed E-state index contributed by atoms with van der Waals surface area (Å²) in [5.41, 5.74) is 4.41. The maximum Gasteiger partial charge on any atom is 0.231 e. The first-order chi connectivity index (χ1) is 15.2. The van der Waals surface area contributed by atoms with Crippen molar-refractivity contribution in [2.24, 2.45) is 0 Å². The molecular weight excluding hydrogens is 386 g/mol. The molecule has 0 spiro atoms. The van der Waals surface area contributed by atoms with Crippen LogP contribution in [0.25, 0.3) is 17.2 Å². The molecule has 1 saturated heterocycles. The van der Waals surface area contributed by atoms with E-state index in [9.17, 15) is 9.90 Å².